The summed E-state index contributed by atoms with van der Waals surface area (Å²) in [4.78, 5) is 14.7. The van der Waals surface area contributed by atoms with E-state index in [1.54, 1.807) is 24.3 Å². The minimum Gasteiger partial charge on any atom is -0.376 e. The van der Waals surface area contributed by atoms with Gasteiger partial charge in [-0.2, -0.15) is 5.26 Å². The number of amides is 1. The van der Waals surface area contributed by atoms with Crippen LogP contribution >= 0.6 is 0 Å². The SMILES string of the molecule is C[C@H]1CN(Cc2cccc(CNC(=O)c3cccc(C#N)c3)c2)CCO1. The van der Waals surface area contributed by atoms with E-state index >= 15 is 0 Å². The summed E-state index contributed by atoms with van der Waals surface area (Å²) < 4.78 is 5.58. The zero-order chi connectivity index (χ0) is 18.4. The van der Waals surface area contributed by atoms with E-state index < -0.39 is 0 Å². The van der Waals surface area contributed by atoms with Crippen LogP contribution in [0.5, 0.6) is 0 Å². The molecule has 1 aliphatic heterocycles. The fourth-order valence-corrected chi connectivity index (χ4v) is 3.14. The second kappa shape index (κ2) is 8.61. The summed E-state index contributed by atoms with van der Waals surface area (Å²) in [5.74, 6) is -0.172. The van der Waals surface area contributed by atoms with Crippen LogP contribution < -0.4 is 5.32 Å². The van der Waals surface area contributed by atoms with Crippen LogP contribution in [0.3, 0.4) is 0 Å². The first-order chi connectivity index (χ1) is 12.6. The normalized spacial score (nSPS) is 17.5. The fourth-order valence-electron chi connectivity index (χ4n) is 3.14. The number of nitrogens with zero attached hydrogens (tertiary/aromatic N) is 2. The summed E-state index contributed by atoms with van der Waals surface area (Å²) in [6.07, 6.45) is 0.274. The van der Waals surface area contributed by atoms with Crippen molar-refractivity contribution in [2.24, 2.45) is 0 Å². The molecule has 5 heteroatoms. The number of hydrogen-bond donors (Lipinski definition) is 1. The summed E-state index contributed by atoms with van der Waals surface area (Å²) in [5.41, 5.74) is 3.29. The Bertz CT molecular complexity index is 813. The van der Waals surface area contributed by atoms with Gasteiger partial charge in [-0.15, -0.1) is 0 Å². The molecule has 0 aromatic heterocycles. The first-order valence-electron chi connectivity index (χ1n) is 8.84. The van der Waals surface area contributed by atoms with Crippen LogP contribution in [0.2, 0.25) is 0 Å². The quantitative estimate of drug-likeness (QED) is 0.901. The highest BCUT2D eigenvalue weighted by molar-refractivity contribution is 5.94. The Balaban J connectivity index is 1.58. The van der Waals surface area contributed by atoms with Crippen molar-refractivity contribution in [1.82, 2.24) is 10.2 Å². The molecule has 0 radical (unpaired) electrons. The summed E-state index contributed by atoms with van der Waals surface area (Å²) in [6.45, 7) is 6.11. The highest BCUT2D eigenvalue weighted by atomic mass is 16.5. The van der Waals surface area contributed by atoms with Crippen LogP contribution in [0, 0.1) is 11.3 Å². The third kappa shape index (κ3) is 4.92. The van der Waals surface area contributed by atoms with Crippen molar-refractivity contribution in [1.29, 1.82) is 5.26 Å². The van der Waals surface area contributed by atoms with Crippen molar-refractivity contribution in [2.45, 2.75) is 26.1 Å². The molecule has 2 aromatic rings. The molecule has 1 N–H and O–H groups in total. The Morgan fingerprint density at radius 2 is 2.08 bits per heavy atom. The van der Waals surface area contributed by atoms with Gasteiger partial charge in [0.15, 0.2) is 0 Å². The molecule has 134 valence electrons. The average Bonchev–Trinajstić information content (AvgIpc) is 2.66. The van der Waals surface area contributed by atoms with Crippen molar-refractivity contribution in [3.63, 3.8) is 0 Å². The molecular formula is C21H23N3O2. The van der Waals surface area contributed by atoms with E-state index in [0.29, 0.717) is 17.7 Å². The topological polar surface area (TPSA) is 65.4 Å². The largest absolute Gasteiger partial charge is 0.376 e. The molecule has 1 amide bonds. The molecule has 1 atom stereocenters. The fraction of sp³-hybridized carbons (Fsp3) is 0.333. The molecule has 0 saturated carbocycles. The molecule has 0 unspecified atom stereocenters. The van der Waals surface area contributed by atoms with Crippen LogP contribution in [0.15, 0.2) is 48.5 Å². The summed E-state index contributed by atoms with van der Waals surface area (Å²) in [7, 11) is 0. The second-order valence-electron chi connectivity index (χ2n) is 6.61. The monoisotopic (exact) mass is 349 g/mol. The number of hydrogen-bond acceptors (Lipinski definition) is 4. The van der Waals surface area contributed by atoms with Gasteiger partial charge in [-0.3, -0.25) is 9.69 Å². The Morgan fingerprint density at radius 1 is 1.27 bits per heavy atom. The standard InChI is InChI=1S/C21H23N3O2/c1-16-14-24(8-9-26-16)15-19-6-2-5-18(10-19)13-23-21(25)20-7-3-4-17(11-20)12-22/h2-7,10-11,16H,8-9,13-15H2,1H3,(H,23,25)/t16-/m0/s1. The third-order valence-electron chi connectivity index (χ3n) is 4.43. The number of carbonyl (C=O) groups is 1. The van der Waals surface area contributed by atoms with Crippen molar-refractivity contribution in [2.75, 3.05) is 19.7 Å². The van der Waals surface area contributed by atoms with Crippen molar-refractivity contribution in [3.8, 4) is 6.07 Å². The highest BCUT2D eigenvalue weighted by Gasteiger charge is 2.16. The number of morpholine rings is 1. The van der Waals surface area contributed by atoms with Gasteiger partial charge in [-0.25, -0.2) is 0 Å². The lowest BCUT2D eigenvalue weighted by Crippen LogP contribution is -2.40. The molecule has 1 heterocycles. The van der Waals surface area contributed by atoms with Gasteiger partial charge in [0.25, 0.3) is 5.91 Å². The number of nitriles is 1. The van der Waals surface area contributed by atoms with Gasteiger partial charge in [-0.05, 0) is 36.2 Å². The van der Waals surface area contributed by atoms with Gasteiger partial charge in [0.2, 0.25) is 0 Å². The lowest BCUT2D eigenvalue weighted by molar-refractivity contribution is -0.0212. The molecule has 0 bridgehead atoms. The Kier molecular flexibility index (Phi) is 6.00. The second-order valence-corrected chi connectivity index (χ2v) is 6.61. The lowest BCUT2D eigenvalue weighted by atomic mass is 10.1. The van der Waals surface area contributed by atoms with E-state index in [0.717, 1.165) is 31.8 Å². The van der Waals surface area contributed by atoms with E-state index in [9.17, 15) is 4.79 Å². The number of rotatable bonds is 5. The first kappa shape index (κ1) is 18.1. The van der Waals surface area contributed by atoms with Gasteiger partial charge >= 0.3 is 0 Å². The summed E-state index contributed by atoms with van der Waals surface area (Å²) >= 11 is 0. The molecule has 1 aliphatic rings. The van der Waals surface area contributed by atoms with Gasteiger partial charge in [-0.1, -0.05) is 30.3 Å². The minimum absolute atomic E-state index is 0.172. The van der Waals surface area contributed by atoms with Crippen molar-refractivity contribution < 1.29 is 9.53 Å². The zero-order valence-corrected chi connectivity index (χ0v) is 14.9. The van der Waals surface area contributed by atoms with E-state index in [2.05, 4.69) is 35.3 Å². The maximum Gasteiger partial charge on any atom is 0.251 e. The Morgan fingerprint density at radius 3 is 2.88 bits per heavy atom. The molecule has 3 rings (SSSR count). The maximum absolute atomic E-state index is 12.3. The van der Waals surface area contributed by atoms with Crippen LogP contribution in [-0.4, -0.2) is 36.6 Å². The molecule has 5 nitrogen and oxygen atoms in total. The molecule has 0 aliphatic carbocycles. The average molecular weight is 349 g/mol. The summed E-state index contributed by atoms with van der Waals surface area (Å²) in [5, 5.41) is 11.9. The first-order valence-corrected chi connectivity index (χ1v) is 8.84. The predicted molar refractivity (Wildman–Crippen MR) is 99.5 cm³/mol. The molecular weight excluding hydrogens is 326 g/mol. The van der Waals surface area contributed by atoms with Gasteiger partial charge in [0, 0.05) is 31.7 Å². The van der Waals surface area contributed by atoms with Crippen LogP contribution in [0.1, 0.15) is 34.0 Å². The maximum atomic E-state index is 12.3. The molecule has 1 saturated heterocycles. The third-order valence-corrected chi connectivity index (χ3v) is 4.43. The van der Waals surface area contributed by atoms with E-state index in [4.69, 9.17) is 10.00 Å². The number of carbonyl (C=O) groups excluding carboxylic acids is 1. The molecule has 1 fully saturated rings. The van der Waals surface area contributed by atoms with Crippen LogP contribution in [0.4, 0.5) is 0 Å². The molecule has 26 heavy (non-hydrogen) atoms. The van der Waals surface area contributed by atoms with Gasteiger partial charge in [0.05, 0.1) is 24.3 Å². The molecule has 2 aromatic carbocycles. The van der Waals surface area contributed by atoms with Gasteiger partial charge in [0.1, 0.15) is 0 Å². The zero-order valence-electron chi connectivity index (χ0n) is 14.9. The molecule has 0 spiro atoms. The highest BCUT2D eigenvalue weighted by Crippen LogP contribution is 2.12. The van der Waals surface area contributed by atoms with Crippen molar-refractivity contribution >= 4 is 5.91 Å². The number of benzene rings is 2. The number of nitrogens with one attached hydrogen (secondary N) is 1. The van der Waals surface area contributed by atoms with E-state index in [-0.39, 0.29) is 12.0 Å². The summed E-state index contributed by atoms with van der Waals surface area (Å²) in [6, 6.07) is 17.1. The van der Waals surface area contributed by atoms with Crippen LogP contribution in [0.25, 0.3) is 0 Å². The van der Waals surface area contributed by atoms with Crippen molar-refractivity contribution in [3.05, 3.63) is 70.8 Å². The number of ether oxygens (including phenoxy) is 1. The predicted octanol–water partition coefficient (Wildman–Crippen LogP) is 2.71. The minimum atomic E-state index is -0.172. The Labute approximate surface area is 154 Å². The van der Waals surface area contributed by atoms with E-state index in [1.807, 2.05) is 12.1 Å². The van der Waals surface area contributed by atoms with E-state index in [1.165, 1.54) is 5.56 Å². The van der Waals surface area contributed by atoms with Crippen LogP contribution in [-0.2, 0) is 17.8 Å². The smallest absolute Gasteiger partial charge is 0.251 e. The Hall–Kier alpha value is -2.68. The van der Waals surface area contributed by atoms with Gasteiger partial charge < -0.3 is 10.1 Å². The lowest BCUT2D eigenvalue weighted by Gasteiger charge is -2.31.